The number of hydrogen-bond donors (Lipinski definition) is 1. The molecule has 2 atom stereocenters. The van der Waals surface area contributed by atoms with E-state index in [1.165, 1.54) is 25.7 Å². The van der Waals surface area contributed by atoms with Crippen molar-refractivity contribution in [2.45, 2.75) is 31.3 Å². The van der Waals surface area contributed by atoms with Crippen molar-refractivity contribution in [3.8, 4) is 0 Å². The van der Waals surface area contributed by atoms with Gasteiger partial charge >= 0.3 is 0 Å². The topological polar surface area (TPSA) is 30.5 Å². The number of methoxy groups -OCH3 is 1. The first-order valence-electron chi connectivity index (χ1n) is 5.71. The van der Waals surface area contributed by atoms with E-state index in [4.69, 9.17) is 9.47 Å². The molecule has 2 aliphatic heterocycles. The van der Waals surface area contributed by atoms with Gasteiger partial charge in [-0.25, -0.2) is 0 Å². The number of nitrogens with one attached hydrogen (secondary N) is 1. The molecule has 2 heterocycles. The van der Waals surface area contributed by atoms with E-state index >= 15 is 0 Å². The standard InChI is InChI=1S/C11H21NO2/c1-13-9-11(5-2-3-7-14-11)10-4-6-12-8-10/h10,12H,2-9H2,1H3. The quantitative estimate of drug-likeness (QED) is 0.740. The van der Waals surface area contributed by atoms with Gasteiger partial charge in [-0.05, 0) is 32.2 Å². The summed E-state index contributed by atoms with van der Waals surface area (Å²) in [6, 6.07) is 0. The first-order valence-corrected chi connectivity index (χ1v) is 5.71. The van der Waals surface area contributed by atoms with Gasteiger partial charge in [-0.15, -0.1) is 0 Å². The Bertz CT molecular complexity index is 167. The van der Waals surface area contributed by atoms with Gasteiger partial charge in [-0.2, -0.15) is 0 Å². The van der Waals surface area contributed by atoms with Crippen molar-refractivity contribution in [1.82, 2.24) is 5.32 Å². The minimum Gasteiger partial charge on any atom is -0.382 e. The van der Waals surface area contributed by atoms with Gasteiger partial charge in [0.05, 0.1) is 12.2 Å². The molecule has 0 aromatic rings. The fourth-order valence-corrected chi connectivity index (χ4v) is 2.78. The predicted octanol–water partition coefficient (Wildman–Crippen LogP) is 1.18. The first kappa shape index (κ1) is 10.4. The molecule has 2 fully saturated rings. The molecule has 3 heteroatoms. The van der Waals surface area contributed by atoms with Crippen LogP contribution in [-0.2, 0) is 9.47 Å². The van der Waals surface area contributed by atoms with Gasteiger partial charge in [-0.3, -0.25) is 0 Å². The van der Waals surface area contributed by atoms with E-state index < -0.39 is 0 Å². The summed E-state index contributed by atoms with van der Waals surface area (Å²) in [6.45, 7) is 3.92. The Balaban J connectivity index is 2.02. The lowest BCUT2D eigenvalue weighted by Crippen LogP contribution is -2.48. The maximum absolute atomic E-state index is 6.02. The van der Waals surface area contributed by atoms with Crippen LogP contribution in [0.15, 0.2) is 0 Å². The summed E-state index contributed by atoms with van der Waals surface area (Å²) >= 11 is 0. The molecule has 2 saturated heterocycles. The molecule has 3 nitrogen and oxygen atoms in total. The lowest BCUT2D eigenvalue weighted by atomic mass is 9.81. The molecule has 0 saturated carbocycles. The molecule has 0 aromatic heterocycles. The van der Waals surface area contributed by atoms with Crippen LogP contribution >= 0.6 is 0 Å². The average Bonchev–Trinajstić information content (AvgIpc) is 2.73. The van der Waals surface area contributed by atoms with E-state index in [9.17, 15) is 0 Å². The van der Waals surface area contributed by atoms with Crippen LogP contribution in [0.5, 0.6) is 0 Å². The van der Waals surface area contributed by atoms with Crippen molar-refractivity contribution in [2.75, 3.05) is 33.4 Å². The third-order valence-electron chi connectivity index (χ3n) is 3.58. The Morgan fingerprint density at radius 3 is 3.00 bits per heavy atom. The molecule has 2 unspecified atom stereocenters. The van der Waals surface area contributed by atoms with Crippen molar-refractivity contribution in [1.29, 1.82) is 0 Å². The van der Waals surface area contributed by atoms with E-state index in [2.05, 4.69) is 5.32 Å². The highest BCUT2D eigenvalue weighted by Gasteiger charge is 2.42. The Morgan fingerprint density at radius 2 is 2.43 bits per heavy atom. The second kappa shape index (κ2) is 4.60. The Kier molecular flexibility index (Phi) is 3.42. The van der Waals surface area contributed by atoms with Crippen LogP contribution in [0.3, 0.4) is 0 Å². The summed E-state index contributed by atoms with van der Waals surface area (Å²) in [7, 11) is 1.78. The van der Waals surface area contributed by atoms with Crippen molar-refractivity contribution >= 4 is 0 Å². The lowest BCUT2D eigenvalue weighted by Gasteiger charge is -2.41. The zero-order valence-electron chi connectivity index (χ0n) is 9.05. The SMILES string of the molecule is COCC1(C2CCNC2)CCCCO1. The molecule has 0 amide bonds. The molecule has 0 radical (unpaired) electrons. The molecule has 82 valence electrons. The average molecular weight is 199 g/mol. The zero-order valence-corrected chi connectivity index (χ0v) is 9.05. The van der Waals surface area contributed by atoms with Gasteiger partial charge in [0, 0.05) is 26.2 Å². The first-order chi connectivity index (χ1) is 6.87. The minimum atomic E-state index is 0.0243. The van der Waals surface area contributed by atoms with Crippen molar-refractivity contribution in [3.63, 3.8) is 0 Å². The normalized spacial score (nSPS) is 38.8. The Morgan fingerprint density at radius 1 is 1.50 bits per heavy atom. The van der Waals surface area contributed by atoms with Crippen LogP contribution in [0.1, 0.15) is 25.7 Å². The Labute approximate surface area is 86.2 Å². The van der Waals surface area contributed by atoms with E-state index in [1.54, 1.807) is 7.11 Å². The summed E-state index contributed by atoms with van der Waals surface area (Å²) in [5.41, 5.74) is 0.0243. The van der Waals surface area contributed by atoms with E-state index in [0.29, 0.717) is 5.92 Å². The van der Waals surface area contributed by atoms with E-state index in [1.807, 2.05) is 0 Å². The highest BCUT2D eigenvalue weighted by Crippen LogP contribution is 2.35. The molecule has 0 aliphatic carbocycles. The van der Waals surface area contributed by atoms with Gasteiger partial charge in [0.15, 0.2) is 0 Å². The van der Waals surface area contributed by atoms with Crippen molar-refractivity contribution < 1.29 is 9.47 Å². The van der Waals surface area contributed by atoms with Crippen LogP contribution < -0.4 is 5.32 Å². The van der Waals surface area contributed by atoms with Gasteiger partial charge in [0.25, 0.3) is 0 Å². The summed E-state index contributed by atoms with van der Waals surface area (Å²) in [5, 5.41) is 3.42. The van der Waals surface area contributed by atoms with Crippen LogP contribution in [0.2, 0.25) is 0 Å². The number of rotatable bonds is 3. The minimum absolute atomic E-state index is 0.0243. The van der Waals surface area contributed by atoms with Crippen LogP contribution in [0.4, 0.5) is 0 Å². The number of hydrogen-bond acceptors (Lipinski definition) is 3. The molecule has 14 heavy (non-hydrogen) atoms. The molecule has 0 aromatic carbocycles. The fourth-order valence-electron chi connectivity index (χ4n) is 2.78. The number of ether oxygens (including phenoxy) is 2. The molecule has 2 aliphatic rings. The molecule has 0 bridgehead atoms. The summed E-state index contributed by atoms with van der Waals surface area (Å²) in [4.78, 5) is 0. The monoisotopic (exact) mass is 199 g/mol. The van der Waals surface area contributed by atoms with Crippen molar-refractivity contribution in [3.05, 3.63) is 0 Å². The molecular weight excluding hydrogens is 178 g/mol. The van der Waals surface area contributed by atoms with Crippen LogP contribution in [0, 0.1) is 5.92 Å². The van der Waals surface area contributed by atoms with Gasteiger partial charge in [0.2, 0.25) is 0 Å². The van der Waals surface area contributed by atoms with Gasteiger partial charge in [0.1, 0.15) is 0 Å². The highest BCUT2D eigenvalue weighted by atomic mass is 16.5. The third kappa shape index (κ3) is 1.95. The van der Waals surface area contributed by atoms with Gasteiger partial charge in [-0.1, -0.05) is 0 Å². The fraction of sp³-hybridized carbons (Fsp3) is 1.00. The summed E-state index contributed by atoms with van der Waals surface area (Å²) in [5.74, 6) is 0.655. The van der Waals surface area contributed by atoms with E-state index in [0.717, 1.165) is 26.3 Å². The third-order valence-corrected chi connectivity index (χ3v) is 3.58. The lowest BCUT2D eigenvalue weighted by molar-refractivity contribution is -0.144. The smallest absolute Gasteiger partial charge is 0.0955 e. The zero-order chi connectivity index (χ0) is 9.86. The predicted molar refractivity (Wildman–Crippen MR) is 55.4 cm³/mol. The molecule has 0 spiro atoms. The largest absolute Gasteiger partial charge is 0.382 e. The van der Waals surface area contributed by atoms with E-state index in [-0.39, 0.29) is 5.60 Å². The summed E-state index contributed by atoms with van der Waals surface area (Å²) in [6.07, 6.45) is 4.92. The van der Waals surface area contributed by atoms with Crippen LogP contribution in [0.25, 0.3) is 0 Å². The second-order valence-corrected chi connectivity index (χ2v) is 4.49. The molecule has 2 rings (SSSR count). The van der Waals surface area contributed by atoms with Gasteiger partial charge < -0.3 is 14.8 Å². The highest BCUT2D eigenvalue weighted by molar-refractivity contribution is 4.94. The maximum atomic E-state index is 6.02. The summed E-state index contributed by atoms with van der Waals surface area (Å²) < 4.78 is 11.4. The second-order valence-electron chi connectivity index (χ2n) is 4.49. The van der Waals surface area contributed by atoms with Crippen LogP contribution in [-0.4, -0.2) is 39.0 Å². The maximum Gasteiger partial charge on any atom is 0.0955 e. The Hall–Kier alpha value is -0.120. The molecular formula is C11H21NO2. The van der Waals surface area contributed by atoms with Crippen molar-refractivity contribution in [2.24, 2.45) is 5.92 Å². The molecule has 1 N–H and O–H groups in total.